The van der Waals surface area contributed by atoms with Gasteiger partial charge in [-0.25, -0.2) is 9.69 Å². The summed E-state index contributed by atoms with van der Waals surface area (Å²) in [5.41, 5.74) is 1.26. The number of carbonyl (C=O) groups is 5. The van der Waals surface area contributed by atoms with E-state index in [9.17, 15) is 29.1 Å². The highest BCUT2D eigenvalue weighted by atomic mass is 16.6. The molecule has 0 saturated carbocycles. The second kappa shape index (κ2) is 18.7. The Balaban J connectivity index is 1.79. The maximum absolute atomic E-state index is 13.9. The number of aliphatic hydroxyl groups is 1. The van der Waals surface area contributed by atoms with Crippen LogP contribution in [0.15, 0.2) is 60.7 Å². The number of imide groups is 1. The van der Waals surface area contributed by atoms with Gasteiger partial charge in [-0.1, -0.05) is 74.0 Å². The minimum absolute atomic E-state index is 0.00262. The summed E-state index contributed by atoms with van der Waals surface area (Å²) in [6, 6.07) is 15.8. The topological polar surface area (TPSA) is 155 Å². The standard InChI is InChI=1S/C38H49NO11/c1-24(2)35-38(5,6)50-37(45)39(35)36(44)34(46-7)33(49-26(4)41)32(43)20-30(28-16-11-13-25(3)19-28)31(42)17-12-18-47-23-29(21-40)48-22-27-14-9-8-10-15-27/h8-11,13-16,19-20,24,29,33-35,40H,12,17-18,21-23H2,1-7H3. The fraction of sp³-hybridized carbons (Fsp3) is 0.500. The molecule has 272 valence electrons. The number of rotatable bonds is 19. The van der Waals surface area contributed by atoms with Crippen molar-refractivity contribution in [3.05, 3.63) is 77.4 Å². The highest BCUT2D eigenvalue weighted by Crippen LogP contribution is 2.35. The molecule has 2 aromatic rings. The molecular formula is C38H49NO11. The Bertz CT molecular complexity index is 1520. The van der Waals surface area contributed by atoms with Gasteiger partial charge in [0, 0.05) is 32.6 Å². The Morgan fingerprint density at radius 2 is 1.74 bits per heavy atom. The van der Waals surface area contributed by atoms with E-state index in [4.69, 9.17) is 23.7 Å². The fourth-order valence-corrected chi connectivity index (χ4v) is 6.01. The summed E-state index contributed by atoms with van der Waals surface area (Å²) in [6.45, 7) is 10.3. The van der Waals surface area contributed by atoms with Gasteiger partial charge >= 0.3 is 12.1 Å². The molecule has 3 rings (SSSR count). The number of benzene rings is 2. The second-order valence-corrected chi connectivity index (χ2v) is 13.1. The number of ether oxygens (including phenoxy) is 5. The van der Waals surface area contributed by atoms with Crippen LogP contribution in [0.5, 0.6) is 0 Å². The van der Waals surface area contributed by atoms with E-state index in [2.05, 4.69) is 0 Å². The number of allylic oxidation sites excluding steroid dienone is 1. The lowest BCUT2D eigenvalue weighted by Crippen LogP contribution is -2.55. The van der Waals surface area contributed by atoms with E-state index in [1.807, 2.05) is 57.2 Å². The van der Waals surface area contributed by atoms with Crippen LogP contribution in [0.25, 0.3) is 5.57 Å². The molecule has 0 radical (unpaired) electrons. The molecular weight excluding hydrogens is 646 g/mol. The summed E-state index contributed by atoms with van der Waals surface area (Å²) in [5.74, 6) is -3.27. The van der Waals surface area contributed by atoms with Crippen molar-refractivity contribution >= 4 is 35.1 Å². The first-order valence-corrected chi connectivity index (χ1v) is 16.7. The van der Waals surface area contributed by atoms with Crippen LogP contribution in [0, 0.1) is 12.8 Å². The molecule has 1 fully saturated rings. The number of cyclic esters (lactones) is 1. The van der Waals surface area contributed by atoms with Crippen molar-refractivity contribution < 1.29 is 52.8 Å². The number of aliphatic hydroxyl groups excluding tert-OH is 1. The number of esters is 1. The highest BCUT2D eigenvalue weighted by molar-refractivity contribution is 6.25. The molecule has 0 aromatic heterocycles. The largest absolute Gasteiger partial charge is 0.451 e. The first-order valence-electron chi connectivity index (χ1n) is 16.7. The van der Waals surface area contributed by atoms with Crippen LogP contribution in [-0.4, -0.2) is 96.4 Å². The fourth-order valence-electron chi connectivity index (χ4n) is 6.01. The van der Waals surface area contributed by atoms with Crippen molar-refractivity contribution in [3.63, 3.8) is 0 Å². The van der Waals surface area contributed by atoms with Crippen molar-refractivity contribution in [2.75, 3.05) is 26.9 Å². The van der Waals surface area contributed by atoms with E-state index in [1.54, 1.807) is 32.0 Å². The van der Waals surface area contributed by atoms with Gasteiger partial charge in [-0.2, -0.15) is 0 Å². The van der Waals surface area contributed by atoms with Gasteiger partial charge in [0.1, 0.15) is 11.7 Å². The molecule has 1 heterocycles. The predicted octanol–water partition coefficient (Wildman–Crippen LogP) is 4.62. The predicted molar refractivity (Wildman–Crippen MR) is 184 cm³/mol. The zero-order valence-electron chi connectivity index (χ0n) is 29.9. The van der Waals surface area contributed by atoms with Crippen molar-refractivity contribution in [1.29, 1.82) is 0 Å². The van der Waals surface area contributed by atoms with Gasteiger partial charge in [0.05, 0.1) is 25.9 Å². The van der Waals surface area contributed by atoms with E-state index < -0.39 is 59.5 Å². The smallest absolute Gasteiger partial charge is 0.417 e. The number of Topliss-reactive ketones (excluding diaryl/α,β-unsaturated/α-hetero) is 1. The summed E-state index contributed by atoms with van der Waals surface area (Å²) < 4.78 is 27.7. The number of nitrogens with zero attached hydrogens (tertiary/aromatic N) is 1. The molecule has 4 atom stereocenters. The lowest BCUT2D eigenvalue weighted by Gasteiger charge is -2.33. The maximum atomic E-state index is 13.9. The Hall–Kier alpha value is -4.23. The van der Waals surface area contributed by atoms with Crippen molar-refractivity contribution in [1.82, 2.24) is 4.90 Å². The van der Waals surface area contributed by atoms with Gasteiger partial charge in [-0.3, -0.25) is 19.2 Å². The molecule has 1 aliphatic rings. The first-order chi connectivity index (χ1) is 23.7. The van der Waals surface area contributed by atoms with Crippen molar-refractivity contribution in [2.45, 2.75) is 90.9 Å². The van der Waals surface area contributed by atoms with Crippen molar-refractivity contribution in [2.24, 2.45) is 5.92 Å². The van der Waals surface area contributed by atoms with Crippen LogP contribution in [0.1, 0.15) is 64.2 Å². The first kappa shape index (κ1) is 40.2. The quantitative estimate of drug-likeness (QED) is 0.124. The summed E-state index contributed by atoms with van der Waals surface area (Å²) in [4.78, 5) is 67.4. The van der Waals surface area contributed by atoms with Gasteiger partial charge in [-0.05, 0) is 50.3 Å². The second-order valence-electron chi connectivity index (χ2n) is 13.1. The molecule has 2 amide bonds. The molecule has 12 nitrogen and oxygen atoms in total. The minimum Gasteiger partial charge on any atom is -0.451 e. The molecule has 4 unspecified atom stereocenters. The monoisotopic (exact) mass is 695 g/mol. The van der Waals surface area contributed by atoms with Crippen LogP contribution in [0.4, 0.5) is 4.79 Å². The van der Waals surface area contributed by atoms with Gasteiger partial charge < -0.3 is 28.8 Å². The van der Waals surface area contributed by atoms with Gasteiger partial charge in [0.15, 0.2) is 23.8 Å². The maximum Gasteiger partial charge on any atom is 0.417 e. The van der Waals surface area contributed by atoms with Gasteiger partial charge in [0.25, 0.3) is 5.91 Å². The summed E-state index contributed by atoms with van der Waals surface area (Å²) in [6.07, 6.45) is -3.63. The van der Waals surface area contributed by atoms with Crippen molar-refractivity contribution in [3.8, 4) is 0 Å². The molecule has 1 saturated heterocycles. The number of amides is 2. The number of aryl methyl sites for hydroxylation is 1. The third-order valence-electron chi connectivity index (χ3n) is 8.20. The lowest BCUT2D eigenvalue weighted by molar-refractivity contribution is -0.166. The molecule has 2 aromatic carbocycles. The molecule has 12 heteroatoms. The van der Waals surface area contributed by atoms with E-state index in [1.165, 1.54) is 0 Å². The lowest BCUT2D eigenvalue weighted by atomic mass is 9.88. The van der Waals surface area contributed by atoms with E-state index in [0.29, 0.717) is 18.6 Å². The molecule has 1 aliphatic heterocycles. The normalized spacial score (nSPS) is 17.6. The summed E-state index contributed by atoms with van der Waals surface area (Å²) >= 11 is 0. The molecule has 0 bridgehead atoms. The Morgan fingerprint density at radius 3 is 2.34 bits per heavy atom. The highest BCUT2D eigenvalue weighted by Gasteiger charge is 2.54. The molecule has 0 spiro atoms. The summed E-state index contributed by atoms with van der Waals surface area (Å²) in [7, 11) is 1.16. The zero-order chi connectivity index (χ0) is 37.0. The van der Waals surface area contributed by atoms with Gasteiger partial charge in [0.2, 0.25) is 0 Å². The van der Waals surface area contributed by atoms with Crippen LogP contribution in [0.3, 0.4) is 0 Å². The Morgan fingerprint density at radius 1 is 1.04 bits per heavy atom. The summed E-state index contributed by atoms with van der Waals surface area (Å²) in [5, 5.41) is 9.69. The van der Waals surface area contributed by atoms with E-state index in [0.717, 1.165) is 36.1 Å². The molecule has 0 aliphatic carbocycles. The molecule has 1 N–H and O–H groups in total. The SMILES string of the molecule is COC(C(=O)N1C(=O)OC(C)(C)C1C(C)C)C(OC(C)=O)C(=O)C=C(C(=O)CCCOCC(CO)OCc1ccccc1)c1cccc(C)c1. The number of hydrogen-bond donors (Lipinski definition) is 1. The Kier molecular flexibility index (Phi) is 15.0. The van der Waals surface area contributed by atoms with Crippen LogP contribution in [-0.2, 0) is 49.5 Å². The number of hydrogen-bond acceptors (Lipinski definition) is 11. The third kappa shape index (κ3) is 10.9. The third-order valence-corrected chi connectivity index (χ3v) is 8.20. The van der Waals surface area contributed by atoms with Crippen LogP contribution in [0.2, 0.25) is 0 Å². The Labute approximate surface area is 293 Å². The van der Waals surface area contributed by atoms with Crippen LogP contribution < -0.4 is 0 Å². The minimum atomic E-state index is -1.81. The van der Waals surface area contributed by atoms with Crippen LogP contribution >= 0.6 is 0 Å². The van der Waals surface area contributed by atoms with E-state index in [-0.39, 0.29) is 37.7 Å². The van der Waals surface area contributed by atoms with Gasteiger partial charge in [-0.15, -0.1) is 0 Å². The van der Waals surface area contributed by atoms with E-state index >= 15 is 0 Å². The number of ketones is 2. The average molecular weight is 696 g/mol. The zero-order valence-corrected chi connectivity index (χ0v) is 29.9. The molecule has 50 heavy (non-hydrogen) atoms. The average Bonchev–Trinajstić information content (AvgIpc) is 3.32. The number of methoxy groups -OCH3 is 1. The number of carbonyl (C=O) groups excluding carboxylic acids is 5.